The smallest absolute Gasteiger partial charge is 0.335 e. The van der Waals surface area contributed by atoms with Gasteiger partial charge in [-0.15, -0.1) is 0 Å². The van der Waals surface area contributed by atoms with Crippen molar-refractivity contribution in [1.82, 2.24) is 4.90 Å². The van der Waals surface area contributed by atoms with E-state index in [0.29, 0.717) is 0 Å². The van der Waals surface area contributed by atoms with E-state index in [1.807, 2.05) is 13.1 Å². The van der Waals surface area contributed by atoms with Crippen molar-refractivity contribution in [2.75, 3.05) is 14.2 Å². The van der Waals surface area contributed by atoms with Gasteiger partial charge in [-0.3, -0.25) is 4.79 Å². The molecule has 0 saturated heterocycles. The second-order valence-corrected chi connectivity index (χ2v) is 8.92. The van der Waals surface area contributed by atoms with Gasteiger partial charge in [0.15, 0.2) is 5.54 Å². The van der Waals surface area contributed by atoms with Crippen LogP contribution in [0.1, 0.15) is 67.4 Å². The van der Waals surface area contributed by atoms with Crippen LogP contribution in [0.4, 0.5) is 0 Å². The van der Waals surface area contributed by atoms with Gasteiger partial charge in [0.2, 0.25) is 0 Å². The van der Waals surface area contributed by atoms with Crippen molar-refractivity contribution >= 4 is 17.7 Å². The number of carboxylic acids is 1. The molecule has 1 amide bonds. The van der Waals surface area contributed by atoms with Gasteiger partial charge in [0.25, 0.3) is 5.91 Å². The van der Waals surface area contributed by atoms with Gasteiger partial charge in [-0.05, 0) is 61.8 Å². The summed E-state index contributed by atoms with van der Waals surface area (Å²) >= 11 is 0. The number of rotatable bonds is 4. The molecule has 4 rings (SSSR count). The Balaban J connectivity index is 1.92. The summed E-state index contributed by atoms with van der Waals surface area (Å²) < 4.78 is 5.59. The zero-order valence-electron chi connectivity index (χ0n) is 17.7. The molecular weight excluding hydrogens is 368 g/mol. The Morgan fingerprint density at radius 2 is 2.07 bits per heavy atom. The van der Waals surface area contributed by atoms with E-state index in [2.05, 4.69) is 13.8 Å². The van der Waals surface area contributed by atoms with Crippen molar-refractivity contribution in [3.05, 3.63) is 34.9 Å². The van der Waals surface area contributed by atoms with Crippen LogP contribution in [0.5, 0.6) is 0 Å². The topological polar surface area (TPSA) is 79.2 Å². The molecule has 1 aromatic carbocycles. The third kappa shape index (κ3) is 2.68. The predicted octanol–water partition coefficient (Wildman–Crippen LogP) is 3.63. The zero-order valence-corrected chi connectivity index (χ0v) is 17.7. The second-order valence-electron chi connectivity index (χ2n) is 8.92. The van der Waals surface area contributed by atoms with E-state index in [0.717, 1.165) is 55.5 Å². The van der Waals surface area contributed by atoms with Crippen molar-refractivity contribution in [1.29, 1.82) is 0 Å². The van der Waals surface area contributed by atoms with Gasteiger partial charge in [-0.25, -0.2) is 9.79 Å². The first-order chi connectivity index (χ1) is 13.8. The Kier molecular flexibility index (Phi) is 4.80. The van der Waals surface area contributed by atoms with Crippen LogP contribution < -0.4 is 0 Å². The molecule has 3 aliphatic rings. The summed E-state index contributed by atoms with van der Waals surface area (Å²) in [6.07, 6.45) is 5.34. The lowest BCUT2D eigenvalue weighted by Crippen LogP contribution is -2.51. The number of amidine groups is 1. The highest BCUT2D eigenvalue weighted by Crippen LogP contribution is 2.62. The number of ether oxygens (including phenoxy) is 1. The van der Waals surface area contributed by atoms with E-state index >= 15 is 0 Å². The minimum Gasteiger partial charge on any atom is -0.478 e. The molecule has 1 aliphatic heterocycles. The summed E-state index contributed by atoms with van der Waals surface area (Å²) in [5.41, 5.74) is 0.737. The molecule has 2 unspecified atom stereocenters. The molecule has 1 N–H and O–H groups in total. The number of benzene rings is 1. The number of hydrogen-bond donors (Lipinski definition) is 1. The van der Waals surface area contributed by atoms with Gasteiger partial charge in [-0.1, -0.05) is 19.9 Å². The summed E-state index contributed by atoms with van der Waals surface area (Å²) in [6.45, 7) is 4.20. The Bertz CT molecular complexity index is 885. The molecule has 2 aliphatic carbocycles. The van der Waals surface area contributed by atoms with Crippen molar-refractivity contribution in [2.24, 2.45) is 16.3 Å². The van der Waals surface area contributed by atoms with Gasteiger partial charge in [0.1, 0.15) is 5.84 Å². The maximum Gasteiger partial charge on any atom is 0.335 e. The van der Waals surface area contributed by atoms with Gasteiger partial charge in [0.05, 0.1) is 11.7 Å². The zero-order chi connectivity index (χ0) is 21.0. The van der Waals surface area contributed by atoms with E-state index in [4.69, 9.17) is 9.73 Å². The standard InChI is InChI=1S/C23H30N2O4/c1-5-14(2)19-24-23(21(28)25(19)3)18-12-15(20(26)27)6-7-16(18)13-22(23)10-8-17(29-4)9-11-22/h6-7,12,14,17H,5,8-11,13H2,1-4H3,(H,26,27). The highest BCUT2D eigenvalue weighted by molar-refractivity contribution is 6.10. The number of aliphatic imine (C=N–C) groups is 1. The normalized spacial score (nSPS) is 32.0. The van der Waals surface area contributed by atoms with E-state index in [1.54, 1.807) is 24.1 Å². The fraction of sp³-hybridized carbons (Fsp3) is 0.609. The average molecular weight is 399 g/mol. The monoisotopic (exact) mass is 398 g/mol. The van der Waals surface area contributed by atoms with E-state index in [-0.39, 0.29) is 28.9 Å². The Hall–Kier alpha value is -2.21. The van der Waals surface area contributed by atoms with E-state index in [1.165, 1.54) is 0 Å². The summed E-state index contributed by atoms with van der Waals surface area (Å²) in [6, 6.07) is 5.24. The Labute approximate surface area is 172 Å². The molecule has 0 radical (unpaired) electrons. The molecule has 2 spiro atoms. The van der Waals surface area contributed by atoms with Crippen LogP contribution in [0.25, 0.3) is 0 Å². The predicted molar refractivity (Wildman–Crippen MR) is 110 cm³/mol. The number of hydrogen-bond acceptors (Lipinski definition) is 4. The first kappa shape index (κ1) is 20.1. The summed E-state index contributed by atoms with van der Waals surface area (Å²) in [7, 11) is 3.56. The first-order valence-corrected chi connectivity index (χ1v) is 10.6. The van der Waals surface area contributed by atoms with Gasteiger partial charge >= 0.3 is 5.97 Å². The number of carboxylic acid groups (broad SMARTS) is 1. The minimum atomic E-state index is -1.01. The number of nitrogens with zero attached hydrogens (tertiary/aromatic N) is 2. The number of carbonyl (C=O) groups is 2. The van der Waals surface area contributed by atoms with Crippen LogP contribution in [0.2, 0.25) is 0 Å². The third-order valence-corrected chi connectivity index (χ3v) is 7.56. The second kappa shape index (κ2) is 6.94. The molecular formula is C23H30N2O4. The molecule has 0 bridgehead atoms. The molecule has 0 aromatic heterocycles. The van der Waals surface area contributed by atoms with Gasteiger partial charge in [-0.2, -0.15) is 0 Å². The number of aromatic carboxylic acids is 1. The van der Waals surface area contributed by atoms with Crippen LogP contribution in [-0.2, 0) is 21.5 Å². The fourth-order valence-corrected chi connectivity index (χ4v) is 5.68. The van der Waals surface area contributed by atoms with Crippen LogP contribution >= 0.6 is 0 Å². The minimum absolute atomic E-state index is 0.00930. The Morgan fingerprint density at radius 1 is 1.38 bits per heavy atom. The molecule has 1 aromatic rings. The quantitative estimate of drug-likeness (QED) is 0.840. The molecule has 29 heavy (non-hydrogen) atoms. The van der Waals surface area contributed by atoms with Crippen LogP contribution in [0.15, 0.2) is 23.2 Å². The summed E-state index contributed by atoms with van der Waals surface area (Å²) in [4.78, 5) is 32.4. The van der Waals surface area contributed by atoms with Crippen LogP contribution in [0.3, 0.4) is 0 Å². The van der Waals surface area contributed by atoms with Crippen molar-refractivity contribution in [2.45, 2.75) is 64.0 Å². The van der Waals surface area contributed by atoms with E-state index < -0.39 is 11.5 Å². The van der Waals surface area contributed by atoms with Gasteiger partial charge < -0.3 is 14.7 Å². The summed E-state index contributed by atoms with van der Waals surface area (Å²) in [5.74, 6) is 0.00332. The number of methoxy groups -OCH3 is 1. The lowest BCUT2D eigenvalue weighted by Gasteiger charge is -2.45. The summed E-state index contributed by atoms with van der Waals surface area (Å²) in [5, 5.41) is 9.56. The molecule has 6 heteroatoms. The molecule has 2 atom stereocenters. The highest BCUT2D eigenvalue weighted by Gasteiger charge is 2.66. The number of amides is 1. The van der Waals surface area contributed by atoms with Crippen LogP contribution in [0, 0.1) is 11.3 Å². The van der Waals surface area contributed by atoms with Crippen molar-refractivity contribution in [3.63, 3.8) is 0 Å². The molecule has 1 heterocycles. The van der Waals surface area contributed by atoms with Crippen molar-refractivity contribution < 1.29 is 19.4 Å². The average Bonchev–Trinajstić information content (AvgIpc) is 3.15. The maximum absolute atomic E-state index is 13.9. The number of likely N-dealkylation sites (N-methyl/N-ethyl adjacent to an activating group) is 1. The highest BCUT2D eigenvalue weighted by atomic mass is 16.5. The lowest BCUT2D eigenvalue weighted by molar-refractivity contribution is -0.137. The number of carbonyl (C=O) groups excluding carboxylic acids is 1. The molecule has 6 nitrogen and oxygen atoms in total. The van der Waals surface area contributed by atoms with Crippen LogP contribution in [-0.4, -0.2) is 48.0 Å². The molecule has 1 saturated carbocycles. The SMILES string of the molecule is CCC(C)C1=NC2(C(=O)N1C)c1cc(C(=O)O)ccc1CC21CCC(OC)CC1. The lowest BCUT2D eigenvalue weighted by atomic mass is 9.61. The van der Waals surface area contributed by atoms with Crippen molar-refractivity contribution in [3.8, 4) is 0 Å². The number of fused-ring (bicyclic) bond motifs is 3. The van der Waals surface area contributed by atoms with Gasteiger partial charge in [0, 0.05) is 25.5 Å². The fourth-order valence-electron chi connectivity index (χ4n) is 5.68. The largest absolute Gasteiger partial charge is 0.478 e. The first-order valence-electron chi connectivity index (χ1n) is 10.6. The molecule has 156 valence electrons. The molecule has 1 fully saturated rings. The Morgan fingerprint density at radius 3 is 2.66 bits per heavy atom. The van der Waals surface area contributed by atoms with E-state index in [9.17, 15) is 14.7 Å². The third-order valence-electron chi connectivity index (χ3n) is 7.56. The maximum atomic E-state index is 13.9.